The summed E-state index contributed by atoms with van der Waals surface area (Å²) >= 11 is 6.04. The third-order valence-electron chi connectivity index (χ3n) is 2.19. The van der Waals surface area contributed by atoms with E-state index in [1.54, 1.807) is 0 Å². The van der Waals surface area contributed by atoms with Crippen molar-refractivity contribution < 1.29 is 0 Å². The molecule has 0 aliphatic carbocycles. The third kappa shape index (κ3) is 1.61. The smallest absolute Gasteiger partial charge is 0.151 e. The molecule has 2 aromatic heterocycles. The highest BCUT2D eigenvalue weighted by atomic mass is 35.5. The van der Waals surface area contributed by atoms with Gasteiger partial charge < -0.3 is 9.72 Å². The first-order valence-electron chi connectivity index (χ1n) is 4.59. The van der Waals surface area contributed by atoms with Crippen molar-refractivity contribution in [2.24, 2.45) is 0 Å². The Hall–Kier alpha value is -1.06. The molecule has 2 heterocycles. The zero-order valence-electron chi connectivity index (χ0n) is 8.00. The molecule has 74 valence electrons. The summed E-state index contributed by atoms with van der Waals surface area (Å²) in [5.41, 5.74) is 1.97. The quantitative estimate of drug-likeness (QED) is 0.835. The number of hydrogen-bond donors (Lipinski definition) is 1. The Morgan fingerprint density at radius 3 is 3.14 bits per heavy atom. The fraction of sp³-hybridized carbons (Fsp3) is 0.300. The lowest BCUT2D eigenvalue weighted by Crippen LogP contribution is -2.11. The molecule has 0 aromatic carbocycles. The first-order chi connectivity index (χ1) is 6.83. The Morgan fingerprint density at radius 1 is 1.50 bits per heavy atom. The molecule has 14 heavy (non-hydrogen) atoms. The molecule has 0 atom stereocenters. The number of aromatic nitrogens is 2. The van der Waals surface area contributed by atoms with Crippen LogP contribution in [0.15, 0.2) is 24.4 Å². The van der Waals surface area contributed by atoms with Crippen molar-refractivity contribution >= 4 is 17.2 Å². The van der Waals surface area contributed by atoms with E-state index in [4.69, 9.17) is 11.6 Å². The van der Waals surface area contributed by atoms with Crippen LogP contribution in [0.1, 0.15) is 5.69 Å². The van der Waals surface area contributed by atoms with Gasteiger partial charge in [-0.05, 0) is 19.2 Å². The second-order valence-corrected chi connectivity index (χ2v) is 3.49. The summed E-state index contributed by atoms with van der Waals surface area (Å²) in [5, 5.41) is 3.70. The standard InChI is InChI=1S/C10H12ClN3/c1-12-6-5-8-10(11)13-9-4-2-3-7-14(8)9/h2-4,7,12H,5-6H2,1H3. The summed E-state index contributed by atoms with van der Waals surface area (Å²) in [5.74, 6) is 0. The Morgan fingerprint density at radius 2 is 2.36 bits per heavy atom. The second-order valence-electron chi connectivity index (χ2n) is 3.13. The number of pyridine rings is 1. The van der Waals surface area contributed by atoms with Crippen LogP contribution in [0.5, 0.6) is 0 Å². The van der Waals surface area contributed by atoms with Gasteiger partial charge in [0.05, 0.1) is 5.69 Å². The number of rotatable bonds is 3. The van der Waals surface area contributed by atoms with Crippen molar-refractivity contribution in [3.63, 3.8) is 0 Å². The van der Waals surface area contributed by atoms with Gasteiger partial charge in [0.25, 0.3) is 0 Å². The van der Waals surface area contributed by atoms with E-state index in [2.05, 4.69) is 10.3 Å². The number of likely N-dealkylation sites (N-methyl/N-ethyl adjacent to an activating group) is 1. The molecule has 0 saturated carbocycles. The number of halogens is 1. The average Bonchev–Trinajstić information content (AvgIpc) is 2.51. The first-order valence-corrected chi connectivity index (χ1v) is 4.97. The van der Waals surface area contributed by atoms with E-state index in [1.165, 1.54) is 0 Å². The van der Waals surface area contributed by atoms with E-state index in [-0.39, 0.29) is 0 Å². The van der Waals surface area contributed by atoms with E-state index < -0.39 is 0 Å². The van der Waals surface area contributed by atoms with Crippen LogP contribution in [0.25, 0.3) is 5.65 Å². The van der Waals surface area contributed by atoms with Crippen LogP contribution >= 0.6 is 11.6 Å². The predicted molar refractivity (Wildman–Crippen MR) is 57.8 cm³/mol. The maximum Gasteiger partial charge on any atom is 0.151 e. The van der Waals surface area contributed by atoms with E-state index in [1.807, 2.05) is 35.8 Å². The highest BCUT2D eigenvalue weighted by molar-refractivity contribution is 6.30. The summed E-state index contributed by atoms with van der Waals surface area (Å²) in [6.07, 6.45) is 2.87. The maximum atomic E-state index is 6.04. The van der Waals surface area contributed by atoms with Gasteiger partial charge in [-0.2, -0.15) is 0 Å². The third-order valence-corrected chi connectivity index (χ3v) is 2.49. The minimum atomic E-state index is 0.603. The van der Waals surface area contributed by atoms with Gasteiger partial charge >= 0.3 is 0 Å². The summed E-state index contributed by atoms with van der Waals surface area (Å²) < 4.78 is 2.03. The molecular weight excluding hydrogens is 198 g/mol. The fourth-order valence-corrected chi connectivity index (χ4v) is 1.76. The topological polar surface area (TPSA) is 29.3 Å². The number of hydrogen-bond acceptors (Lipinski definition) is 2. The molecule has 2 aromatic rings. The van der Waals surface area contributed by atoms with Gasteiger partial charge in [-0.15, -0.1) is 0 Å². The Balaban J connectivity index is 2.45. The SMILES string of the molecule is CNCCc1c(Cl)nc2ccccn12. The summed E-state index contributed by atoms with van der Waals surface area (Å²) in [6, 6.07) is 5.89. The molecule has 1 N–H and O–H groups in total. The normalized spacial score (nSPS) is 11.0. The molecule has 0 spiro atoms. The predicted octanol–water partition coefficient (Wildman–Crippen LogP) is 1.75. The highest BCUT2D eigenvalue weighted by Gasteiger charge is 2.08. The molecule has 0 unspecified atom stereocenters. The Labute approximate surface area is 87.7 Å². The number of nitrogens with zero attached hydrogens (tertiary/aromatic N) is 2. The van der Waals surface area contributed by atoms with E-state index in [9.17, 15) is 0 Å². The second kappa shape index (κ2) is 3.98. The zero-order chi connectivity index (χ0) is 9.97. The maximum absolute atomic E-state index is 6.04. The lowest BCUT2D eigenvalue weighted by Gasteiger charge is -2.00. The monoisotopic (exact) mass is 209 g/mol. The molecule has 0 saturated heterocycles. The van der Waals surface area contributed by atoms with Crippen LogP contribution in [0.2, 0.25) is 5.15 Å². The number of imidazole rings is 1. The number of nitrogens with one attached hydrogen (secondary N) is 1. The minimum Gasteiger partial charge on any atom is -0.319 e. The van der Waals surface area contributed by atoms with Crippen molar-refractivity contribution in [2.45, 2.75) is 6.42 Å². The van der Waals surface area contributed by atoms with Crippen LogP contribution in [-0.4, -0.2) is 23.0 Å². The number of fused-ring (bicyclic) bond motifs is 1. The van der Waals surface area contributed by atoms with Crippen LogP contribution in [0.4, 0.5) is 0 Å². The van der Waals surface area contributed by atoms with Gasteiger partial charge in [-0.25, -0.2) is 4.98 Å². The van der Waals surface area contributed by atoms with Crippen LogP contribution in [0.3, 0.4) is 0 Å². The molecule has 4 heteroatoms. The summed E-state index contributed by atoms with van der Waals surface area (Å²) in [4.78, 5) is 4.27. The lowest BCUT2D eigenvalue weighted by molar-refractivity contribution is 0.771. The molecule has 2 rings (SSSR count). The molecule has 0 bridgehead atoms. The average molecular weight is 210 g/mol. The van der Waals surface area contributed by atoms with Crippen LogP contribution in [-0.2, 0) is 6.42 Å². The molecule has 0 fully saturated rings. The van der Waals surface area contributed by atoms with Crippen LogP contribution < -0.4 is 5.32 Å². The molecular formula is C10H12ClN3. The molecule has 0 amide bonds. The van der Waals surface area contributed by atoms with Crippen molar-refractivity contribution in [3.8, 4) is 0 Å². The molecule has 3 nitrogen and oxygen atoms in total. The van der Waals surface area contributed by atoms with E-state index >= 15 is 0 Å². The molecule has 0 aliphatic rings. The van der Waals surface area contributed by atoms with Gasteiger partial charge in [0.2, 0.25) is 0 Å². The van der Waals surface area contributed by atoms with Gasteiger partial charge in [0.15, 0.2) is 5.15 Å². The Bertz CT molecular complexity index is 436. The van der Waals surface area contributed by atoms with Crippen molar-refractivity contribution in [2.75, 3.05) is 13.6 Å². The van der Waals surface area contributed by atoms with Crippen LogP contribution in [0, 0.1) is 0 Å². The summed E-state index contributed by atoms with van der Waals surface area (Å²) in [6.45, 7) is 0.905. The van der Waals surface area contributed by atoms with Gasteiger partial charge in [0, 0.05) is 19.2 Å². The van der Waals surface area contributed by atoms with E-state index in [0.29, 0.717) is 5.15 Å². The van der Waals surface area contributed by atoms with Gasteiger partial charge in [-0.3, -0.25) is 0 Å². The fourth-order valence-electron chi connectivity index (χ4n) is 1.48. The molecule has 0 radical (unpaired) electrons. The summed E-state index contributed by atoms with van der Waals surface area (Å²) in [7, 11) is 1.93. The Kier molecular flexibility index (Phi) is 2.70. The zero-order valence-corrected chi connectivity index (χ0v) is 8.75. The largest absolute Gasteiger partial charge is 0.319 e. The lowest BCUT2D eigenvalue weighted by atomic mass is 10.3. The highest BCUT2D eigenvalue weighted by Crippen LogP contribution is 2.17. The first kappa shape index (κ1) is 9.49. The van der Waals surface area contributed by atoms with Gasteiger partial charge in [-0.1, -0.05) is 17.7 Å². The van der Waals surface area contributed by atoms with Crippen molar-refractivity contribution in [3.05, 3.63) is 35.2 Å². The van der Waals surface area contributed by atoms with Crippen molar-refractivity contribution in [1.82, 2.24) is 14.7 Å². The molecule has 0 aliphatic heterocycles. The minimum absolute atomic E-state index is 0.603. The van der Waals surface area contributed by atoms with Gasteiger partial charge in [0.1, 0.15) is 5.65 Å². The van der Waals surface area contributed by atoms with E-state index in [0.717, 1.165) is 24.3 Å². The van der Waals surface area contributed by atoms with Crippen molar-refractivity contribution in [1.29, 1.82) is 0 Å².